The highest BCUT2D eigenvalue weighted by Gasteiger charge is 2.21. The molecule has 0 bridgehead atoms. The Bertz CT molecular complexity index is 1190. The van der Waals surface area contributed by atoms with Gasteiger partial charge in [0.25, 0.3) is 0 Å². The molecule has 4 rings (SSSR count). The van der Waals surface area contributed by atoms with Crippen LogP contribution >= 0.6 is 11.3 Å². The van der Waals surface area contributed by atoms with Gasteiger partial charge in [0.15, 0.2) is 6.61 Å². The van der Waals surface area contributed by atoms with E-state index in [-0.39, 0.29) is 12.4 Å². The molecule has 0 amide bonds. The first-order valence-electron chi connectivity index (χ1n) is 9.54. The van der Waals surface area contributed by atoms with Crippen LogP contribution in [-0.4, -0.2) is 23.3 Å². The van der Waals surface area contributed by atoms with E-state index in [1.807, 2.05) is 67.6 Å². The summed E-state index contributed by atoms with van der Waals surface area (Å²) in [6.45, 7) is 3.74. The smallest absolute Gasteiger partial charge is 0.348 e. The highest BCUT2D eigenvalue weighted by atomic mass is 32.1. The largest absolute Gasteiger partial charge is 0.453 e. The van der Waals surface area contributed by atoms with Crippen LogP contribution in [0.25, 0.3) is 22.2 Å². The topological polar surface area (TPSA) is 59.2 Å². The predicted molar refractivity (Wildman–Crippen MR) is 117 cm³/mol. The third kappa shape index (κ3) is 3.74. The number of H-pyrrole nitrogens is 1. The van der Waals surface area contributed by atoms with E-state index in [4.69, 9.17) is 4.74 Å². The van der Waals surface area contributed by atoms with E-state index in [2.05, 4.69) is 11.9 Å². The van der Waals surface area contributed by atoms with E-state index in [0.29, 0.717) is 10.4 Å². The summed E-state index contributed by atoms with van der Waals surface area (Å²) in [5.74, 6) is -0.675. The van der Waals surface area contributed by atoms with Crippen LogP contribution in [0.4, 0.5) is 0 Å². The van der Waals surface area contributed by atoms with E-state index >= 15 is 0 Å². The molecule has 2 aromatic heterocycles. The molecule has 0 aliphatic heterocycles. The van der Waals surface area contributed by atoms with Gasteiger partial charge >= 0.3 is 5.97 Å². The van der Waals surface area contributed by atoms with E-state index < -0.39 is 5.97 Å². The number of benzene rings is 2. The quantitative estimate of drug-likeness (QED) is 0.327. The Labute approximate surface area is 173 Å². The molecule has 0 unspecified atom stereocenters. The molecule has 0 radical (unpaired) electrons. The van der Waals surface area contributed by atoms with Crippen molar-refractivity contribution in [2.45, 2.75) is 20.3 Å². The Hall–Kier alpha value is -3.18. The van der Waals surface area contributed by atoms with Crippen molar-refractivity contribution in [3.05, 3.63) is 81.5 Å². The van der Waals surface area contributed by atoms with Crippen LogP contribution < -0.4 is 0 Å². The predicted octanol–water partition coefficient (Wildman–Crippen LogP) is 5.81. The van der Waals surface area contributed by atoms with Gasteiger partial charge in [-0.2, -0.15) is 0 Å². The number of ketones is 1. The van der Waals surface area contributed by atoms with Gasteiger partial charge in [-0.05, 0) is 36.6 Å². The number of aromatic nitrogens is 1. The van der Waals surface area contributed by atoms with Gasteiger partial charge in [0.1, 0.15) is 4.88 Å². The maximum absolute atomic E-state index is 13.1. The van der Waals surface area contributed by atoms with Gasteiger partial charge in [0, 0.05) is 15.8 Å². The van der Waals surface area contributed by atoms with Crippen LogP contribution in [0.5, 0.6) is 0 Å². The molecular formula is C24H21NO3S. The van der Waals surface area contributed by atoms with Gasteiger partial charge in [-0.15, -0.1) is 11.3 Å². The number of aryl methyl sites for hydroxylation is 2. The van der Waals surface area contributed by atoms with Crippen LogP contribution in [0.2, 0.25) is 0 Å². The van der Waals surface area contributed by atoms with Gasteiger partial charge in [-0.3, -0.25) is 4.79 Å². The Balaban J connectivity index is 1.62. The molecule has 4 nitrogen and oxygen atoms in total. The van der Waals surface area contributed by atoms with Crippen LogP contribution in [0.3, 0.4) is 0 Å². The number of Topliss-reactive ketones (excluding diaryl/α,β-unsaturated/α-hetero) is 1. The first-order valence-corrected chi connectivity index (χ1v) is 10.4. The summed E-state index contributed by atoms with van der Waals surface area (Å²) < 4.78 is 5.37. The van der Waals surface area contributed by atoms with Crippen LogP contribution in [0, 0.1) is 6.92 Å². The molecule has 4 aromatic rings. The molecule has 2 heterocycles. The monoisotopic (exact) mass is 403 g/mol. The minimum absolute atomic E-state index is 0.223. The summed E-state index contributed by atoms with van der Waals surface area (Å²) in [5, 5.41) is 0.827. The first-order chi connectivity index (χ1) is 14.1. The van der Waals surface area contributed by atoms with Crippen molar-refractivity contribution in [3.8, 4) is 11.3 Å². The van der Waals surface area contributed by atoms with Gasteiger partial charge in [0.2, 0.25) is 5.78 Å². The summed E-state index contributed by atoms with van der Waals surface area (Å²) >= 11 is 1.43. The third-order valence-corrected chi connectivity index (χ3v) is 6.29. The zero-order valence-electron chi connectivity index (χ0n) is 16.3. The van der Waals surface area contributed by atoms with Crippen molar-refractivity contribution < 1.29 is 14.3 Å². The van der Waals surface area contributed by atoms with Crippen LogP contribution in [0.15, 0.2) is 60.7 Å². The Morgan fingerprint density at radius 1 is 1.03 bits per heavy atom. The lowest BCUT2D eigenvalue weighted by Crippen LogP contribution is -2.14. The Morgan fingerprint density at radius 3 is 2.48 bits per heavy atom. The van der Waals surface area contributed by atoms with Gasteiger partial charge < -0.3 is 9.72 Å². The average Bonchev–Trinajstić information content (AvgIpc) is 3.33. The molecule has 1 N–H and O–H groups in total. The number of hydrogen-bond donors (Lipinski definition) is 1. The molecule has 0 spiro atoms. The fourth-order valence-electron chi connectivity index (χ4n) is 3.50. The number of carbonyl (C=O) groups is 2. The number of rotatable bonds is 6. The summed E-state index contributed by atoms with van der Waals surface area (Å²) in [5.41, 5.74) is 4.17. The number of hydrogen-bond acceptors (Lipinski definition) is 4. The number of para-hydroxylation sites is 1. The van der Waals surface area contributed by atoms with E-state index in [1.54, 1.807) is 0 Å². The molecule has 0 aliphatic carbocycles. The normalized spacial score (nSPS) is 11.0. The fourth-order valence-corrected chi connectivity index (χ4v) is 4.51. The second-order valence-electron chi connectivity index (χ2n) is 6.86. The SMILES string of the molecule is CCc1sc(C(=O)OCC(=O)c2c(-c3ccccc3)[nH]c3ccccc23)cc1C. The number of aromatic amines is 1. The minimum atomic E-state index is -0.452. The van der Waals surface area contributed by atoms with Crippen molar-refractivity contribution in [2.75, 3.05) is 6.61 Å². The van der Waals surface area contributed by atoms with Gasteiger partial charge in [0.05, 0.1) is 11.3 Å². The van der Waals surface area contributed by atoms with Crippen LogP contribution in [-0.2, 0) is 11.2 Å². The lowest BCUT2D eigenvalue weighted by atomic mass is 10.0. The molecule has 0 fully saturated rings. The maximum Gasteiger partial charge on any atom is 0.348 e. The molecule has 146 valence electrons. The number of esters is 1. The number of ether oxygens (including phenoxy) is 1. The fraction of sp³-hybridized carbons (Fsp3) is 0.167. The minimum Gasteiger partial charge on any atom is -0.453 e. The number of fused-ring (bicyclic) bond motifs is 1. The lowest BCUT2D eigenvalue weighted by molar-refractivity contribution is 0.0480. The van der Waals surface area contributed by atoms with E-state index in [9.17, 15) is 9.59 Å². The molecule has 2 aromatic carbocycles. The van der Waals surface area contributed by atoms with E-state index in [0.717, 1.165) is 39.0 Å². The second-order valence-corrected chi connectivity index (χ2v) is 7.99. The molecule has 5 heteroatoms. The molecule has 0 atom stereocenters. The molecule has 0 saturated carbocycles. The summed E-state index contributed by atoms with van der Waals surface area (Å²) in [7, 11) is 0. The number of nitrogens with one attached hydrogen (secondary N) is 1. The molecule has 0 saturated heterocycles. The maximum atomic E-state index is 13.1. The summed E-state index contributed by atoms with van der Waals surface area (Å²) in [6, 6.07) is 19.2. The Kier molecular flexibility index (Phi) is 5.32. The van der Waals surface area contributed by atoms with Crippen molar-refractivity contribution >= 4 is 34.0 Å². The standard InChI is InChI=1S/C24H21NO3S/c1-3-20-15(2)13-21(29-20)24(27)28-14-19(26)22-17-11-7-8-12-18(17)25-23(22)16-9-5-4-6-10-16/h4-13,25H,3,14H2,1-2H3. The second kappa shape index (κ2) is 8.05. The molecular weight excluding hydrogens is 382 g/mol. The lowest BCUT2D eigenvalue weighted by Gasteiger charge is -2.06. The zero-order chi connectivity index (χ0) is 20.4. The van der Waals surface area contributed by atoms with Gasteiger partial charge in [-0.1, -0.05) is 55.5 Å². The van der Waals surface area contributed by atoms with E-state index in [1.165, 1.54) is 11.3 Å². The summed E-state index contributed by atoms with van der Waals surface area (Å²) in [4.78, 5) is 30.6. The third-order valence-electron chi connectivity index (χ3n) is 4.92. The van der Waals surface area contributed by atoms with Crippen molar-refractivity contribution in [1.82, 2.24) is 4.98 Å². The molecule has 0 aliphatic rings. The highest BCUT2D eigenvalue weighted by Crippen LogP contribution is 2.31. The first kappa shape index (κ1) is 19.2. The Morgan fingerprint density at radius 2 is 1.76 bits per heavy atom. The number of carbonyl (C=O) groups excluding carboxylic acids is 2. The van der Waals surface area contributed by atoms with Crippen molar-refractivity contribution in [3.63, 3.8) is 0 Å². The van der Waals surface area contributed by atoms with Gasteiger partial charge in [-0.25, -0.2) is 4.79 Å². The van der Waals surface area contributed by atoms with Crippen molar-refractivity contribution in [1.29, 1.82) is 0 Å². The summed E-state index contributed by atoms with van der Waals surface area (Å²) in [6.07, 6.45) is 0.873. The average molecular weight is 404 g/mol. The molecule has 29 heavy (non-hydrogen) atoms. The number of thiophene rings is 1. The highest BCUT2D eigenvalue weighted by molar-refractivity contribution is 7.14. The van der Waals surface area contributed by atoms with Crippen LogP contribution in [0.1, 0.15) is 37.4 Å². The van der Waals surface area contributed by atoms with Crippen molar-refractivity contribution in [2.24, 2.45) is 0 Å². The zero-order valence-corrected chi connectivity index (χ0v) is 17.1.